The fraction of sp³-hybridized carbons (Fsp3) is 0.167. The summed E-state index contributed by atoms with van der Waals surface area (Å²) in [6, 6.07) is 4.84. The first kappa shape index (κ1) is 13.8. The van der Waals surface area contributed by atoms with Crippen LogP contribution >= 0.6 is 45.8 Å². The van der Waals surface area contributed by atoms with Crippen molar-refractivity contribution >= 4 is 45.8 Å². The predicted octanol–water partition coefficient (Wildman–Crippen LogP) is 4.32. The lowest BCUT2D eigenvalue weighted by Crippen LogP contribution is -1.99. The fourth-order valence-corrected chi connectivity index (χ4v) is 2.46. The molecule has 0 aliphatic carbocycles. The number of hydrogen-bond donors (Lipinski definition) is 1. The molecule has 1 heterocycles. The lowest BCUT2D eigenvalue weighted by molar-refractivity contribution is 0.475. The van der Waals surface area contributed by atoms with Crippen molar-refractivity contribution in [3.8, 4) is 17.1 Å². The first-order chi connectivity index (χ1) is 8.52. The van der Waals surface area contributed by atoms with E-state index in [1.165, 1.54) is 6.07 Å². The Labute approximate surface area is 128 Å². The minimum Gasteiger partial charge on any atom is -0.506 e. The zero-order valence-electron chi connectivity index (χ0n) is 9.41. The van der Waals surface area contributed by atoms with Crippen LogP contribution in [0.5, 0.6) is 5.75 Å². The normalized spacial score (nSPS) is 10.7. The maximum Gasteiger partial charge on any atom is 0.161 e. The van der Waals surface area contributed by atoms with Crippen molar-refractivity contribution in [3.63, 3.8) is 0 Å². The van der Waals surface area contributed by atoms with Gasteiger partial charge in [0.2, 0.25) is 0 Å². The second-order valence-electron chi connectivity index (χ2n) is 3.62. The minimum absolute atomic E-state index is 0.0349. The van der Waals surface area contributed by atoms with Gasteiger partial charge in [0, 0.05) is 5.56 Å². The van der Waals surface area contributed by atoms with Crippen molar-refractivity contribution in [1.29, 1.82) is 0 Å². The van der Waals surface area contributed by atoms with Gasteiger partial charge < -0.3 is 5.11 Å². The molecule has 0 amide bonds. The second-order valence-corrected chi connectivity index (χ2v) is 5.46. The van der Waals surface area contributed by atoms with Gasteiger partial charge in [-0.25, -0.2) is 9.97 Å². The van der Waals surface area contributed by atoms with Gasteiger partial charge in [0.15, 0.2) is 5.82 Å². The van der Waals surface area contributed by atoms with Gasteiger partial charge in [0.1, 0.15) is 10.9 Å². The van der Waals surface area contributed by atoms with Gasteiger partial charge in [-0.3, -0.25) is 0 Å². The Morgan fingerprint density at radius 1 is 1.28 bits per heavy atom. The number of phenolic OH excluding ortho intramolecular Hbond substituents is 1. The number of aryl methyl sites for hydroxylation is 1. The monoisotopic (exact) mass is 394 g/mol. The Hall–Kier alpha value is -0.590. The zero-order valence-corrected chi connectivity index (χ0v) is 13.1. The lowest BCUT2D eigenvalue weighted by Gasteiger charge is -2.07. The molecule has 1 aromatic carbocycles. The number of phenols is 1. The van der Waals surface area contributed by atoms with Crippen LogP contribution in [0.25, 0.3) is 11.4 Å². The molecule has 0 aliphatic rings. The summed E-state index contributed by atoms with van der Waals surface area (Å²) in [5.41, 5.74) is 1.63. The predicted molar refractivity (Wildman–Crippen MR) is 81.2 cm³/mol. The SMILES string of the molecule is CCc1nc(-c2ccc(O)c(Cl)c2)nc(Cl)c1I. The first-order valence-electron chi connectivity index (χ1n) is 5.23. The number of rotatable bonds is 2. The maximum atomic E-state index is 9.39. The molecular formula is C12H9Cl2IN2O. The summed E-state index contributed by atoms with van der Waals surface area (Å²) in [5.74, 6) is 0.548. The highest BCUT2D eigenvalue weighted by Gasteiger charge is 2.11. The third-order valence-corrected chi connectivity index (χ3v) is 4.45. The number of aromatic nitrogens is 2. The van der Waals surface area contributed by atoms with E-state index in [1.807, 2.05) is 6.92 Å². The molecular weight excluding hydrogens is 386 g/mol. The van der Waals surface area contributed by atoms with Crippen molar-refractivity contribution in [1.82, 2.24) is 9.97 Å². The molecule has 0 spiro atoms. The van der Waals surface area contributed by atoms with E-state index in [4.69, 9.17) is 23.2 Å². The smallest absolute Gasteiger partial charge is 0.161 e. The molecule has 1 N–H and O–H groups in total. The van der Waals surface area contributed by atoms with E-state index < -0.39 is 0 Å². The fourth-order valence-electron chi connectivity index (χ4n) is 1.47. The third kappa shape index (κ3) is 2.70. The van der Waals surface area contributed by atoms with Crippen molar-refractivity contribution in [2.75, 3.05) is 0 Å². The topological polar surface area (TPSA) is 46.0 Å². The molecule has 0 saturated carbocycles. The number of benzene rings is 1. The summed E-state index contributed by atoms with van der Waals surface area (Å²) in [4.78, 5) is 8.68. The van der Waals surface area contributed by atoms with Crippen molar-refractivity contribution in [2.45, 2.75) is 13.3 Å². The van der Waals surface area contributed by atoms with Crippen LogP contribution in [-0.2, 0) is 6.42 Å². The number of halogens is 3. The van der Waals surface area contributed by atoms with Gasteiger partial charge in [0.25, 0.3) is 0 Å². The van der Waals surface area contributed by atoms with Gasteiger partial charge in [-0.15, -0.1) is 0 Å². The molecule has 3 nitrogen and oxygen atoms in total. The molecule has 0 bridgehead atoms. The third-order valence-electron chi connectivity index (χ3n) is 2.42. The van der Waals surface area contributed by atoms with Crippen molar-refractivity contribution in [2.24, 2.45) is 0 Å². The van der Waals surface area contributed by atoms with Crippen LogP contribution in [0.4, 0.5) is 0 Å². The lowest BCUT2D eigenvalue weighted by atomic mass is 10.2. The van der Waals surface area contributed by atoms with E-state index in [-0.39, 0.29) is 10.8 Å². The van der Waals surface area contributed by atoms with Gasteiger partial charge in [-0.2, -0.15) is 0 Å². The largest absolute Gasteiger partial charge is 0.506 e. The van der Waals surface area contributed by atoms with E-state index in [0.29, 0.717) is 11.0 Å². The molecule has 2 aromatic rings. The summed E-state index contributed by atoms with van der Waals surface area (Å²) in [5, 5.41) is 10.1. The molecule has 6 heteroatoms. The van der Waals surface area contributed by atoms with Gasteiger partial charge in [-0.1, -0.05) is 30.1 Å². The van der Waals surface area contributed by atoms with Crippen LogP contribution in [-0.4, -0.2) is 15.1 Å². The zero-order chi connectivity index (χ0) is 13.3. The molecule has 0 saturated heterocycles. The Morgan fingerprint density at radius 2 is 2.00 bits per heavy atom. The van der Waals surface area contributed by atoms with Gasteiger partial charge >= 0.3 is 0 Å². The summed E-state index contributed by atoms with van der Waals surface area (Å²) < 4.78 is 0.866. The average Bonchev–Trinajstić information content (AvgIpc) is 2.36. The molecule has 0 fully saturated rings. The molecule has 2 rings (SSSR count). The summed E-state index contributed by atoms with van der Waals surface area (Å²) >= 11 is 14.1. The number of nitrogens with zero attached hydrogens (tertiary/aromatic N) is 2. The Balaban J connectivity index is 2.57. The maximum absolute atomic E-state index is 9.39. The number of aromatic hydroxyl groups is 1. The molecule has 18 heavy (non-hydrogen) atoms. The van der Waals surface area contributed by atoms with Crippen LogP contribution in [0.3, 0.4) is 0 Å². The summed E-state index contributed by atoms with van der Waals surface area (Å²) in [7, 11) is 0. The highest BCUT2D eigenvalue weighted by Crippen LogP contribution is 2.29. The van der Waals surface area contributed by atoms with Gasteiger partial charge in [-0.05, 0) is 47.2 Å². The van der Waals surface area contributed by atoms with E-state index >= 15 is 0 Å². The van der Waals surface area contributed by atoms with Crippen molar-refractivity contribution < 1.29 is 5.11 Å². The van der Waals surface area contributed by atoms with Crippen molar-refractivity contribution in [3.05, 3.63) is 37.6 Å². The molecule has 0 radical (unpaired) electrons. The summed E-state index contributed by atoms with van der Waals surface area (Å²) in [6.07, 6.45) is 0.777. The first-order valence-corrected chi connectivity index (χ1v) is 7.07. The van der Waals surface area contributed by atoms with E-state index in [9.17, 15) is 5.11 Å². The van der Waals surface area contributed by atoms with Crippen LogP contribution in [0, 0.1) is 3.57 Å². The van der Waals surface area contributed by atoms with Crippen LogP contribution in [0.15, 0.2) is 18.2 Å². The Morgan fingerprint density at radius 3 is 2.61 bits per heavy atom. The molecule has 94 valence electrons. The van der Waals surface area contributed by atoms with Crippen LogP contribution in [0.2, 0.25) is 10.2 Å². The quantitative estimate of drug-likeness (QED) is 0.609. The average molecular weight is 395 g/mol. The van der Waals surface area contributed by atoms with Crippen LogP contribution < -0.4 is 0 Å². The minimum atomic E-state index is 0.0349. The second kappa shape index (κ2) is 5.59. The Bertz CT molecular complexity index is 605. The summed E-state index contributed by atoms with van der Waals surface area (Å²) in [6.45, 7) is 2.01. The van der Waals surface area contributed by atoms with E-state index in [0.717, 1.165) is 21.2 Å². The van der Waals surface area contributed by atoms with E-state index in [1.54, 1.807) is 12.1 Å². The van der Waals surface area contributed by atoms with Gasteiger partial charge in [0.05, 0.1) is 14.3 Å². The molecule has 0 unspecified atom stereocenters. The highest BCUT2D eigenvalue weighted by atomic mass is 127. The van der Waals surface area contributed by atoms with Crippen LogP contribution in [0.1, 0.15) is 12.6 Å². The molecule has 1 aromatic heterocycles. The van der Waals surface area contributed by atoms with E-state index in [2.05, 4.69) is 32.6 Å². The molecule has 0 aliphatic heterocycles. The standard InChI is InChI=1S/C12H9Cl2IN2O/c1-2-8-10(15)11(14)17-12(16-8)6-3-4-9(18)7(13)5-6/h3-5,18H,2H2,1H3. The number of hydrogen-bond acceptors (Lipinski definition) is 3. The Kier molecular flexibility index (Phi) is 4.29. The molecule has 0 atom stereocenters. The highest BCUT2D eigenvalue weighted by molar-refractivity contribution is 14.1.